The maximum absolute atomic E-state index is 11.7. The first-order valence-electron chi connectivity index (χ1n) is 7.88. The highest BCUT2D eigenvalue weighted by Crippen LogP contribution is 2.14. The summed E-state index contributed by atoms with van der Waals surface area (Å²) in [6, 6.07) is 0.103. The number of carbonyl (C=O) groups is 1. The third kappa shape index (κ3) is 7.11. The number of rotatable bonds is 7. The first-order valence-corrected chi connectivity index (χ1v) is 7.88. The summed E-state index contributed by atoms with van der Waals surface area (Å²) >= 11 is 0. The van der Waals surface area contributed by atoms with Crippen molar-refractivity contribution in [3.05, 3.63) is 0 Å². The molecule has 0 bridgehead atoms. The maximum Gasteiger partial charge on any atom is 0.407 e. The van der Waals surface area contributed by atoms with Crippen molar-refractivity contribution >= 4 is 6.09 Å². The van der Waals surface area contributed by atoms with Crippen LogP contribution < -0.4 is 11.1 Å². The molecule has 124 valence electrons. The van der Waals surface area contributed by atoms with E-state index in [9.17, 15) is 4.79 Å². The average molecular weight is 301 g/mol. The Labute approximate surface area is 128 Å². The Balaban J connectivity index is 2.41. The van der Waals surface area contributed by atoms with Crippen molar-refractivity contribution in [2.45, 2.75) is 58.3 Å². The fourth-order valence-corrected chi connectivity index (χ4v) is 2.46. The van der Waals surface area contributed by atoms with E-state index < -0.39 is 11.7 Å². The minimum Gasteiger partial charge on any atom is -0.444 e. The van der Waals surface area contributed by atoms with Gasteiger partial charge in [0.05, 0.1) is 6.10 Å². The molecular formula is C15H31N3O3. The number of hydrogen-bond donors (Lipinski definition) is 2. The summed E-state index contributed by atoms with van der Waals surface area (Å²) in [5.41, 5.74) is 5.38. The molecule has 0 saturated carbocycles. The van der Waals surface area contributed by atoms with Gasteiger partial charge in [-0.15, -0.1) is 0 Å². The van der Waals surface area contributed by atoms with Crippen LogP contribution in [0.2, 0.25) is 0 Å². The van der Waals surface area contributed by atoms with Crippen LogP contribution in [0.3, 0.4) is 0 Å². The second-order valence-electron chi connectivity index (χ2n) is 6.49. The predicted molar refractivity (Wildman–Crippen MR) is 83.3 cm³/mol. The van der Waals surface area contributed by atoms with E-state index in [4.69, 9.17) is 15.2 Å². The molecule has 1 heterocycles. The van der Waals surface area contributed by atoms with Gasteiger partial charge in [-0.3, -0.25) is 4.90 Å². The molecule has 21 heavy (non-hydrogen) atoms. The largest absolute Gasteiger partial charge is 0.444 e. The summed E-state index contributed by atoms with van der Waals surface area (Å²) in [6.45, 7) is 11.2. The van der Waals surface area contributed by atoms with E-state index >= 15 is 0 Å². The van der Waals surface area contributed by atoms with E-state index in [2.05, 4.69) is 17.1 Å². The van der Waals surface area contributed by atoms with E-state index in [0.29, 0.717) is 19.2 Å². The minimum absolute atomic E-state index is 0.103. The summed E-state index contributed by atoms with van der Waals surface area (Å²) in [4.78, 5) is 14.0. The number of nitrogens with two attached hydrogens (primary N) is 1. The van der Waals surface area contributed by atoms with Crippen LogP contribution in [0.4, 0.5) is 4.79 Å². The van der Waals surface area contributed by atoms with Crippen LogP contribution in [0.5, 0.6) is 0 Å². The summed E-state index contributed by atoms with van der Waals surface area (Å²) in [7, 11) is 0. The molecule has 1 fully saturated rings. The molecule has 0 spiro atoms. The Morgan fingerprint density at radius 3 is 2.71 bits per heavy atom. The molecule has 2 atom stereocenters. The highest BCUT2D eigenvalue weighted by atomic mass is 16.6. The second kappa shape index (κ2) is 8.56. The highest BCUT2D eigenvalue weighted by molar-refractivity contribution is 5.67. The van der Waals surface area contributed by atoms with Crippen molar-refractivity contribution < 1.29 is 14.3 Å². The van der Waals surface area contributed by atoms with Gasteiger partial charge in [0.15, 0.2) is 0 Å². The summed E-state index contributed by atoms with van der Waals surface area (Å²) in [5, 5.41) is 2.81. The normalized spacial score (nSPS) is 20.6. The van der Waals surface area contributed by atoms with Crippen LogP contribution >= 0.6 is 0 Å². The summed E-state index contributed by atoms with van der Waals surface area (Å²) in [5.74, 6) is 0. The minimum atomic E-state index is -0.482. The standard InChI is InChI=1S/C15H31N3O3/c1-5-18(11-13-7-6-8-20-13)12(9-16)10-17-14(19)21-15(2,3)4/h12-13H,5-11,16H2,1-4H3,(H,17,19). The Bertz CT molecular complexity index is 312. The van der Waals surface area contributed by atoms with Crippen LogP contribution in [0.15, 0.2) is 0 Å². The van der Waals surface area contributed by atoms with Gasteiger partial charge in [-0.2, -0.15) is 0 Å². The zero-order valence-corrected chi connectivity index (χ0v) is 13.9. The van der Waals surface area contributed by atoms with E-state index in [-0.39, 0.29) is 6.04 Å². The van der Waals surface area contributed by atoms with Crippen molar-refractivity contribution in [1.29, 1.82) is 0 Å². The monoisotopic (exact) mass is 301 g/mol. The molecule has 0 aromatic rings. The third-order valence-corrected chi connectivity index (χ3v) is 3.54. The lowest BCUT2D eigenvalue weighted by Gasteiger charge is -2.32. The quantitative estimate of drug-likeness (QED) is 0.742. The number of nitrogens with zero attached hydrogens (tertiary/aromatic N) is 1. The van der Waals surface area contributed by atoms with Gasteiger partial charge in [-0.25, -0.2) is 4.79 Å². The number of carbonyl (C=O) groups excluding carboxylic acids is 1. The van der Waals surface area contributed by atoms with E-state index in [1.165, 1.54) is 0 Å². The van der Waals surface area contributed by atoms with Crippen molar-refractivity contribution in [2.75, 3.05) is 32.8 Å². The molecule has 0 aromatic carbocycles. The lowest BCUT2D eigenvalue weighted by atomic mass is 10.2. The molecule has 1 saturated heterocycles. The summed E-state index contributed by atoms with van der Waals surface area (Å²) in [6.07, 6.45) is 2.13. The van der Waals surface area contributed by atoms with Gasteiger partial charge in [0, 0.05) is 32.3 Å². The molecule has 1 aliphatic heterocycles. The molecule has 0 aliphatic carbocycles. The van der Waals surface area contributed by atoms with E-state index in [1.807, 2.05) is 20.8 Å². The molecule has 3 N–H and O–H groups in total. The number of alkyl carbamates (subject to hydrolysis) is 1. The van der Waals surface area contributed by atoms with Gasteiger partial charge in [-0.1, -0.05) is 6.92 Å². The number of amides is 1. The Morgan fingerprint density at radius 1 is 1.52 bits per heavy atom. The SMILES string of the molecule is CCN(CC1CCCO1)C(CN)CNC(=O)OC(C)(C)C. The Morgan fingerprint density at radius 2 is 2.24 bits per heavy atom. The smallest absolute Gasteiger partial charge is 0.407 e. The second-order valence-corrected chi connectivity index (χ2v) is 6.49. The molecule has 0 aromatic heterocycles. The van der Waals surface area contributed by atoms with Crippen LogP contribution in [0.25, 0.3) is 0 Å². The van der Waals surface area contributed by atoms with Crippen LogP contribution in [-0.4, -0.2) is 61.5 Å². The molecule has 1 amide bonds. The molecule has 1 aliphatic rings. The number of hydrogen-bond acceptors (Lipinski definition) is 5. The average Bonchev–Trinajstić information content (AvgIpc) is 2.88. The van der Waals surface area contributed by atoms with Gasteiger partial charge >= 0.3 is 6.09 Å². The van der Waals surface area contributed by atoms with Crippen molar-refractivity contribution in [3.8, 4) is 0 Å². The van der Waals surface area contributed by atoms with Crippen molar-refractivity contribution in [1.82, 2.24) is 10.2 Å². The van der Waals surface area contributed by atoms with Crippen LogP contribution in [0, 0.1) is 0 Å². The number of ether oxygens (including phenoxy) is 2. The van der Waals surface area contributed by atoms with Crippen LogP contribution in [0.1, 0.15) is 40.5 Å². The molecule has 0 radical (unpaired) electrons. The predicted octanol–water partition coefficient (Wildman–Crippen LogP) is 1.34. The fraction of sp³-hybridized carbons (Fsp3) is 0.933. The molecule has 6 heteroatoms. The highest BCUT2D eigenvalue weighted by Gasteiger charge is 2.24. The van der Waals surface area contributed by atoms with Gasteiger partial charge in [-0.05, 0) is 40.2 Å². The molecule has 2 unspecified atom stereocenters. The van der Waals surface area contributed by atoms with Crippen LogP contribution in [-0.2, 0) is 9.47 Å². The zero-order chi connectivity index (χ0) is 15.9. The lowest BCUT2D eigenvalue weighted by Crippen LogP contribution is -2.50. The van der Waals surface area contributed by atoms with Crippen molar-refractivity contribution in [2.24, 2.45) is 5.73 Å². The third-order valence-electron chi connectivity index (χ3n) is 3.54. The lowest BCUT2D eigenvalue weighted by molar-refractivity contribution is 0.0460. The van der Waals surface area contributed by atoms with E-state index in [1.54, 1.807) is 0 Å². The fourth-order valence-electron chi connectivity index (χ4n) is 2.46. The van der Waals surface area contributed by atoms with Gasteiger partial charge in [0.25, 0.3) is 0 Å². The Hall–Kier alpha value is -0.850. The van der Waals surface area contributed by atoms with Gasteiger partial charge < -0.3 is 20.5 Å². The van der Waals surface area contributed by atoms with Crippen molar-refractivity contribution in [3.63, 3.8) is 0 Å². The number of nitrogens with one attached hydrogen (secondary N) is 1. The molecule has 1 rings (SSSR count). The van der Waals surface area contributed by atoms with E-state index in [0.717, 1.165) is 32.5 Å². The zero-order valence-electron chi connectivity index (χ0n) is 13.9. The topological polar surface area (TPSA) is 76.8 Å². The first kappa shape index (κ1) is 18.2. The maximum atomic E-state index is 11.7. The number of likely N-dealkylation sites (N-methyl/N-ethyl adjacent to an activating group) is 1. The molecular weight excluding hydrogens is 270 g/mol. The van der Waals surface area contributed by atoms with Gasteiger partial charge in [0.1, 0.15) is 5.60 Å². The molecule has 6 nitrogen and oxygen atoms in total. The van der Waals surface area contributed by atoms with Gasteiger partial charge in [0.2, 0.25) is 0 Å². The Kier molecular flexibility index (Phi) is 7.42. The first-order chi connectivity index (χ1) is 9.85. The summed E-state index contributed by atoms with van der Waals surface area (Å²) < 4.78 is 10.9.